The van der Waals surface area contributed by atoms with Gasteiger partial charge in [-0.2, -0.15) is 0 Å². The van der Waals surface area contributed by atoms with E-state index in [0.29, 0.717) is 24.2 Å². The lowest BCUT2D eigenvalue weighted by Gasteiger charge is -2.71. The van der Waals surface area contributed by atoms with Gasteiger partial charge in [0.2, 0.25) is 0 Å². The molecule has 5 aliphatic rings. The summed E-state index contributed by atoms with van der Waals surface area (Å²) in [4.78, 5) is 25.3. The van der Waals surface area contributed by atoms with E-state index in [1.165, 1.54) is 5.57 Å². The van der Waals surface area contributed by atoms with Crippen LogP contribution in [-0.4, -0.2) is 33.4 Å². The lowest BCUT2D eigenvalue weighted by atomic mass is 9.33. The number of fused-ring (bicyclic) bond motifs is 7. The van der Waals surface area contributed by atoms with Crippen LogP contribution in [-0.2, 0) is 9.59 Å². The first kappa shape index (κ1) is 25.3. The first-order valence-electron chi connectivity index (χ1n) is 14.1. The van der Waals surface area contributed by atoms with Gasteiger partial charge in [0.1, 0.15) is 0 Å². The molecule has 4 saturated carbocycles. The van der Waals surface area contributed by atoms with Gasteiger partial charge in [-0.1, -0.05) is 46.3 Å². The number of rotatable bonds is 2. The normalized spacial score (nSPS) is 55.5. The summed E-state index contributed by atoms with van der Waals surface area (Å²) in [5.41, 5.74) is -0.584. The third kappa shape index (κ3) is 2.85. The second kappa shape index (κ2) is 7.58. The molecule has 0 aromatic carbocycles. The molecule has 196 valence electrons. The number of aliphatic carboxylic acids is 2. The Hall–Kier alpha value is -1.36. The SMILES string of the molecule is C[C@H]1[C@H](C)CC[C@]2(C(=O)O)CC[C@]3(C)C(=CC[C@@H]4[C@@]5(C)CC[C@H](O)[C@@](C)(C(=O)O)[C@@H]5CC[C@]43C)[C@H]12. The highest BCUT2D eigenvalue weighted by atomic mass is 16.4. The van der Waals surface area contributed by atoms with Crippen LogP contribution in [0.1, 0.15) is 99.3 Å². The Bertz CT molecular complexity index is 972. The van der Waals surface area contributed by atoms with Crippen LogP contribution >= 0.6 is 0 Å². The fourth-order valence-electron chi connectivity index (χ4n) is 10.8. The van der Waals surface area contributed by atoms with Crippen LogP contribution in [0.3, 0.4) is 0 Å². The van der Waals surface area contributed by atoms with Gasteiger partial charge < -0.3 is 15.3 Å². The van der Waals surface area contributed by atoms with Crippen LogP contribution < -0.4 is 0 Å². The molecule has 0 aliphatic heterocycles. The van der Waals surface area contributed by atoms with E-state index in [4.69, 9.17) is 0 Å². The van der Waals surface area contributed by atoms with Crippen molar-refractivity contribution in [3.63, 3.8) is 0 Å². The summed E-state index contributed by atoms with van der Waals surface area (Å²) in [7, 11) is 0. The molecule has 3 N–H and O–H groups in total. The predicted octanol–water partition coefficient (Wildman–Crippen LogP) is 6.15. The number of aliphatic hydroxyl groups is 1. The molecule has 0 saturated heterocycles. The molecule has 0 aromatic rings. The zero-order valence-corrected chi connectivity index (χ0v) is 22.6. The number of hydrogen-bond donors (Lipinski definition) is 3. The summed E-state index contributed by atoms with van der Waals surface area (Å²) in [6.45, 7) is 13.5. The Balaban J connectivity index is 1.62. The number of carboxylic acid groups (broad SMARTS) is 2. The summed E-state index contributed by atoms with van der Waals surface area (Å²) in [5, 5.41) is 31.6. The van der Waals surface area contributed by atoms with Crippen molar-refractivity contribution in [2.24, 2.45) is 56.7 Å². The summed E-state index contributed by atoms with van der Waals surface area (Å²) < 4.78 is 0. The fraction of sp³-hybridized carbons (Fsp3) is 0.867. The highest BCUT2D eigenvalue weighted by Gasteiger charge is 2.70. The summed E-state index contributed by atoms with van der Waals surface area (Å²) in [5.74, 6) is -0.236. The van der Waals surface area contributed by atoms with Gasteiger partial charge >= 0.3 is 11.9 Å². The molecule has 4 fully saturated rings. The molecular formula is C30H46O5. The molecule has 5 rings (SSSR count). The van der Waals surface area contributed by atoms with Crippen molar-refractivity contribution in [1.82, 2.24) is 0 Å². The Morgan fingerprint density at radius 1 is 0.857 bits per heavy atom. The van der Waals surface area contributed by atoms with Crippen molar-refractivity contribution in [2.75, 3.05) is 0 Å². The van der Waals surface area contributed by atoms with Crippen LogP contribution in [0.2, 0.25) is 0 Å². The van der Waals surface area contributed by atoms with Crippen molar-refractivity contribution in [3.8, 4) is 0 Å². The van der Waals surface area contributed by atoms with Gasteiger partial charge in [-0.15, -0.1) is 0 Å². The quantitative estimate of drug-likeness (QED) is 0.407. The molecule has 0 spiro atoms. The summed E-state index contributed by atoms with van der Waals surface area (Å²) in [6.07, 6.45) is 9.08. The minimum atomic E-state index is -1.11. The lowest BCUT2D eigenvalue weighted by Crippen LogP contribution is -2.66. The van der Waals surface area contributed by atoms with Gasteiger partial charge in [0, 0.05) is 0 Å². The molecule has 5 aliphatic carbocycles. The second-order valence-corrected chi connectivity index (χ2v) is 14.3. The number of aliphatic hydroxyl groups excluding tert-OH is 1. The van der Waals surface area contributed by atoms with Gasteiger partial charge in [-0.25, -0.2) is 0 Å². The van der Waals surface area contributed by atoms with E-state index in [2.05, 4.69) is 40.7 Å². The van der Waals surface area contributed by atoms with E-state index < -0.39 is 28.9 Å². The summed E-state index contributed by atoms with van der Waals surface area (Å²) >= 11 is 0. The van der Waals surface area contributed by atoms with E-state index in [1.807, 2.05) is 0 Å². The molecular weight excluding hydrogens is 440 g/mol. The molecule has 0 aromatic heterocycles. The summed E-state index contributed by atoms with van der Waals surface area (Å²) in [6, 6.07) is 0. The molecule has 0 amide bonds. The van der Waals surface area contributed by atoms with E-state index in [9.17, 15) is 24.9 Å². The van der Waals surface area contributed by atoms with Crippen molar-refractivity contribution in [3.05, 3.63) is 11.6 Å². The molecule has 11 atom stereocenters. The van der Waals surface area contributed by atoms with Gasteiger partial charge in [0.05, 0.1) is 16.9 Å². The number of allylic oxidation sites excluding steroid dienone is 2. The Morgan fingerprint density at radius 3 is 2.17 bits per heavy atom. The van der Waals surface area contributed by atoms with E-state index >= 15 is 0 Å². The van der Waals surface area contributed by atoms with Gasteiger partial charge in [0.25, 0.3) is 0 Å². The Kier molecular flexibility index (Phi) is 5.48. The van der Waals surface area contributed by atoms with Crippen LogP contribution in [0.5, 0.6) is 0 Å². The molecule has 35 heavy (non-hydrogen) atoms. The zero-order chi connectivity index (χ0) is 25.8. The largest absolute Gasteiger partial charge is 0.481 e. The molecule has 0 radical (unpaired) electrons. The van der Waals surface area contributed by atoms with E-state index in [0.717, 1.165) is 51.4 Å². The average molecular weight is 487 g/mol. The highest BCUT2D eigenvalue weighted by Crippen LogP contribution is 2.75. The molecule has 5 nitrogen and oxygen atoms in total. The first-order valence-corrected chi connectivity index (χ1v) is 14.1. The second-order valence-electron chi connectivity index (χ2n) is 14.3. The maximum atomic E-state index is 12.8. The van der Waals surface area contributed by atoms with E-state index in [-0.39, 0.29) is 28.1 Å². The Labute approximate surface area is 210 Å². The van der Waals surface area contributed by atoms with Crippen LogP contribution in [0, 0.1) is 56.7 Å². The van der Waals surface area contributed by atoms with Crippen molar-refractivity contribution in [1.29, 1.82) is 0 Å². The minimum Gasteiger partial charge on any atom is -0.481 e. The zero-order valence-electron chi connectivity index (χ0n) is 22.6. The molecule has 0 bridgehead atoms. The van der Waals surface area contributed by atoms with Crippen LogP contribution in [0.4, 0.5) is 0 Å². The monoisotopic (exact) mass is 486 g/mol. The minimum absolute atomic E-state index is 0.00485. The maximum absolute atomic E-state index is 12.8. The average Bonchev–Trinajstić information content (AvgIpc) is 2.79. The number of carboxylic acids is 2. The standard InChI is InChI=1S/C30H46O5/c1-17-9-14-30(25(34)35)16-15-27(4)19(23(30)18(17)2)7-8-20-26(3)12-11-22(31)29(6,24(32)33)21(26)10-13-28(20,27)5/h7,17-18,20-23,31H,8-16H2,1-6H3,(H,32,33)(H,34,35)/t17-,18+,20-,21-,22+,23+,26-,27-,28-,29+,30+/m1/s1. The topological polar surface area (TPSA) is 94.8 Å². The van der Waals surface area contributed by atoms with Gasteiger partial charge in [-0.05, 0) is 111 Å². The molecule has 0 heterocycles. The van der Waals surface area contributed by atoms with Crippen molar-refractivity contribution >= 4 is 11.9 Å². The van der Waals surface area contributed by atoms with Gasteiger partial charge in [-0.3, -0.25) is 9.59 Å². The van der Waals surface area contributed by atoms with Gasteiger partial charge in [0.15, 0.2) is 0 Å². The van der Waals surface area contributed by atoms with Crippen molar-refractivity contribution in [2.45, 2.75) is 105 Å². The molecule has 0 unspecified atom stereocenters. The number of carbonyl (C=O) groups is 2. The van der Waals surface area contributed by atoms with Crippen LogP contribution in [0.25, 0.3) is 0 Å². The molecule has 5 heteroatoms. The lowest BCUT2D eigenvalue weighted by molar-refractivity contribution is -0.218. The first-order chi connectivity index (χ1) is 16.2. The smallest absolute Gasteiger partial charge is 0.312 e. The fourth-order valence-corrected chi connectivity index (χ4v) is 10.8. The van der Waals surface area contributed by atoms with E-state index in [1.54, 1.807) is 6.92 Å². The van der Waals surface area contributed by atoms with Crippen LogP contribution in [0.15, 0.2) is 11.6 Å². The number of hydrogen-bond acceptors (Lipinski definition) is 3. The maximum Gasteiger partial charge on any atom is 0.312 e. The third-order valence-electron chi connectivity index (χ3n) is 13.5. The third-order valence-corrected chi connectivity index (χ3v) is 13.5. The predicted molar refractivity (Wildman–Crippen MR) is 135 cm³/mol. The van der Waals surface area contributed by atoms with Crippen molar-refractivity contribution < 1.29 is 24.9 Å². The highest BCUT2D eigenvalue weighted by molar-refractivity contribution is 5.77. The Morgan fingerprint density at radius 2 is 1.54 bits per heavy atom.